The van der Waals surface area contributed by atoms with Crippen LogP contribution in [0.25, 0.3) is 111 Å². The van der Waals surface area contributed by atoms with E-state index < -0.39 is 0 Å². The second-order valence-electron chi connectivity index (χ2n) is 15.2. The van der Waals surface area contributed by atoms with Gasteiger partial charge in [0, 0.05) is 49.3 Å². The quantitative estimate of drug-likeness (QED) is 0.169. The van der Waals surface area contributed by atoms with Crippen molar-refractivity contribution in [3.63, 3.8) is 0 Å². The molecule has 0 aliphatic rings. The van der Waals surface area contributed by atoms with E-state index in [4.69, 9.17) is 15.0 Å². The average molecular weight is 766 g/mol. The van der Waals surface area contributed by atoms with Crippen molar-refractivity contribution in [2.24, 2.45) is 0 Å². The lowest BCUT2D eigenvalue weighted by Gasteiger charge is -2.15. The van der Waals surface area contributed by atoms with Crippen LogP contribution in [0.3, 0.4) is 0 Å². The lowest BCUT2D eigenvalue weighted by Crippen LogP contribution is -2.01. The molecule has 280 valence electrons. The Hall–Kier alpha value is -8.15. The van der Waals surface area contributed by atoms with Crippen LogP contribution in [-0.4, -0.2) is 24.1 Å². The summed E-state index contributed by atoms with van der Waals surface area (Å²) in [6, 6.07) is 75.2. The maximum atomic E-state index is 5.13. The van der Waals surface area contributed by atoms with Crippen molar-refractivity contribution in [3.8, 4) is 56.7 Å². The van der Waals surface area contributed by atoms with E-state index in [1.807, 2.05) is 60.7 Å². The number of hydrogen-bond donors (Lipinski definition) is 0. The van der Waals surface area contributed by atoms with Crippen molar-refractivity contribution in [2.45, 2.75) is 0 Å². The van der Waals surface area contributed by atoms with Crippen LogP contribution < -0.4 is 0 Å². The molecular weight excluding hydrogens is 731 g/mol. The molecule has 0 saturated carbocycles. The SMILES string of the molecule is c1ccc(-c2ccc(-n3c4ccccc4c4cc5c6ccccc6n(-c6ccc(-c7nc(-c8ccccc8)nc(-c8ccccc8)n7)c7ccccc67)c5cc43)cc2)cc1. The van der Waals surface area contributed by atoms with E-state index in [0.717, 1.165) is 55.4 Å². The van der Waals surface area contributed by atoms with Gasteiger partial charge >= 0.3 is 0 Å². The fourth-order valence-corrected chi connectivity index (χ4v) is 9.00. The predicted octanol–water partition coefficient (Wildman–Crippen LogP) is 13.9. The first-order chi connectivity index (χ1) is 29.8. The molecule has 0 aliphatic heterocycles. The molecule has 0 unspecified atom stereocenters. The number of hydrogen-bond acceptors (Lipinski definition) is 3. The van der Waals surface area contributed by atoms with Crippen molar-refractivity contribution in [1.29, 1.82) is 0 Å². The minimum atomic E-state index is 0.636. The first-order valence-corrected chi connectivity index (χ1v) is 20.3. The predicted molar refractivity (Wildman–Crippen MR) is 248 cm³/mol. The van der Waals surface area contributed by atoms with Gasteiger partial charge in [-0.2, -0.15) is 0 Å². The Kier molecular flexibility index (Phi) is 7.78. The number of rotatable bonds is 6. The Morgan fingerprint density at radius 1 is 0.267 bits per heavy atom. The summed E-state index contributed by atoms with van der Waals surface area (Å²) in [7, 11) is 0. The molecule has 0 spiro atoms. The minimum Gasteiger partial charge on any atom is -0.309 e. The first kappa shape index (κ1) is 33.9. The molecule has 0 aliphatic carbocycles. The Labute approximate surface area is 346 Å². The number of benzene rings is 9. The summed E-state index contributed by atoms with van der Waals surface area (Å²) < 4.78 is 4.85. The zero-order valence-corrected chi connectivity index (χ0v) is 32.4. The fourth-order valence-electron chi connectivity index (χ4n) is 9.00. The first-order valence-electron chi connectivity index (χ1n) is 20.3. The molecule has 12 rings (SSSR count). The standard InChI is InChI=1S/C55H35N5/c1-4-16-36(17-5-1)37-28-30-40(31-29-37)59-48-26-14-12-24-43(48)46-34-47-44-25-13-15-27-49(44)60(52(47)35-51(46)59)50-33-32-45(41-22-10-11-23-42(41)50)55-57-53(38-18-6-2-7-19-38)56-54(58-55)39-20-8-3-9-21-39/h1-35H. The number of fused-ring (bicyclic) bond motifs is 7. The van der Waals surface area contributed by atoms with E-state index >= 15 is 0 Å². The summed E-state index contributed by atoms with van der Waals surface area (Å²) >= 11 is 0. The molecule has 5 heteroatoms. The topological polar surface area (TPSA) is 48.5 Å². The van der Waals surface area contributed by atoms with E-state index in [1.165, 1.54) is 38.2 Å². The molecule has 60 heavy (non-hydrogen) atoms. The lowest BCUT2D eigenvalue weighted by atomic mass is 10.0. The third kappa shape index (κ3) is 5.44. The molecule has 3 heterocycles. The summed E-state index contributed by atoms with van der Waals surface area (Å²) in [5.41, 5.74) is 12.1. The summed E-state index contributed by atoms with van der Waals surface area (Å²) in [5, 5.41) is 7.06. The van der Waals surface area contributed by atoms with Gasteiger partial charge in [0.1, 0.15) is 0 Å². The highest BCUT2D eigenvalue weighted by atomic mass is 15.0. The maximum absolute atomic E-state index is 5.13. The highest BCUT2D eigenvalue weighted by Gasteiger charge is 2.21. The van der Waals surface area contributed by atoms with Gasteiger partial charge in [-0.15, -0.1) is 0 Å². The van der Waals surface area contributed by atoms with Crippen molar-refractivity contribution in [2.75, 3.05) is 0 Å². The van der Waals surface area contributed by atoms with Gasteiger partial charge in [-0.25, -0.2) is 15.0 Å². The number of aromatic nitrogens is 5. The molecule has 0 N–H and O–H groups in total. The van der Waals surface area contributed by atoms with E-state index in [2.05, 4.69) is 161 Å². The van der Waals surface area contributed by atoms with Gasteiger partial charge in [0.05, 0.1) is 27.8 Å². The Bertz CT molecular complexity index is 3510. The molecule has 5 nitrogen and oxygen atoms in total. The molecule has 9 aromatic carbocycles. The fraction of sp³-hybridized carbons (Fsp3) is 0. The minimum absolute atomic E-state index is 0.636. The Morgan fingerprint density at radius 2 is 0.717 bits per heavy atom. The van der Waals surface area contributed by atoms with Crippen molar-refractivity contribution in [1.82, 2.24) is 24.1 Å². The van der Waals surface area contributed by atoms with Crippen LogP contribution in [-0.2, 0) is 0 Å². The molecule has 0 bridgehead atoms. The monoisotopic (exact) mass is 765 g/mol. The van der Waals surface area contributed by atoms with Gasteiger partial charge in [-0.1, -0.05) is 164 Å². The van der Waals surface area contributed by atoms with Crippen LogP contribution in [0.15, 0.2) is 212 Å². The van der Waals surface area contributed by atoms with Gasteiger partial charge in [-0.3, -0.25) is 0 Å². The van der Waals surface area contributed by atoms with Gasteiger partial charge in [0.25, 0.3) is 0 Å². The second-order valence-corrected chi connectivity index (χ2v) is 15.2. The van der Waals surface area contributed by atoms with E-state index in [0.29, 0.717) is 17.5 Å². The van der Waals surface area contributed by atoms with Crippen LogP contribution in [0.5, 0.6) is 0 Å². The normalized spacial score (nSPS) is 11.7. The lowest BCUT2D eigenvalue weighted by molar-refractivity contribution is 1.08. The van der Waals surface area contributed by atoms with Gasteiger partial charge in [0.15, 0.2) is 17.5 Å². The summed E-state index contributed by atoms with van der Waals surface area (Å²) in [5.74, 6) is 1.92. The smallest absolute Gasteiger partial charge is 0.164 e. The molecule has 0 atom stereocenters. The zero-order valence-electron chi connectivity index (χ0n) is 32.4. The van der Waals surface area contributed by atoms with E-state index in [9.17, 15) is 0 Å². The van der Waals surface area contributed by atoms with Crippen molar-refractivity contribution >= 4 is 54.4 Å². The van der Waals surface area contributed by atoms with Crippen LogP contribution in [0, 0.1) is 0 Å². The number of para-hydroxylation sites is 2. The highest BCUT2D eigenvalue weighted by Crippen LogP contribution is 2.42. The Morgan fingerprint density at radius 3 is 1.32 bits per heavy atom. The molecule has 0 radical (unpaired) electrons. The molecule has 0 fully saturated rings. The molecule has 0 amide bonds. The summed E-state index contributed by atoms with van der Waals surface area (Å²) in [6.07, 6.45) is 0. The summed E-state index contributed by atoms with van der Waals surface area (Å²) in [4.78, 5) is 15.2. The third-order valence-corrected chi connectivity index (χ3v) is 11.8. The average Bonchev–Trinajstić information content (AvgIpc) is 3.83. The molecule has 12 aromatic rings. The third-order valence-electron chi connectivity index (χ3n) is 11.8. The van der Waals surface area contributed by atoms with Crippen molar-refractivity contribution in [3.05, 3.63) is 212 Å². The Balaban J connectivity index is 1.09. The van der Waals surface area contributed by atoms with Crippen LogP contribution in [0.4, 0.5) is 0 Å². The van der Waals surface area contributed by atoms with E-state index in [1.54, 1.807) is 0 Å². The van der Waals surface area contributed by atoms with E-state index in [-0.39, 0.29) is 0 Å². The van der Waals surface area contributed by atoms with Crippen LogP contribution >= 0.6 is 0 Å². The molecular formula is C55H35N5. The highest BCUT2D eigenvalue weighted by molar-refractivity contribution is 6.20. The largest absolute Gasteiger partial charge is 0.309 e. The van der Waals surface area contributed by atoms with Crippen molar-refractivity contribution < 1.29 is 0 Å². The molecule has 0 saturated heterocycles. The maximum Gasteiger partial charge on any atom is 0.164 e. The van der Waals surface area contributed by atoms with Gasteiger partial charge < -0.3 is 9.13 Å². The number of nitrogens with zero attached hydrogens (tertiary/aromatic N) is 5. The zero-order chi connectivity index (χ0) is 39.6. The van der Waals surface area contributed by atoms with Crippen LogP contribution in [0.2, 0.25) is 0 Å². The summed E-state index contributed by atoms with van der Waals surface area (Å²) in [6.45, 7) is 0. The van der Waals surface area contributed by atoms with Gasteiger partial charge in [-0.05, 0) is 65.0 Å². The van der Waals surface area contributed by atoms with Crippen LogP contribution in [0.1, 0.15) is 0 Å². The van der Waals surface area contributed by atoms with Gasteiger partial charge in [0.2, 0.25) is 0 Å². The second kappa shape index (κ2) is 13.8. The molecule has 3 aromatic heterocycles.